The average Bonchev–Trinajstić information content (AvgIpc) is 2.36. The number of carbonyl (C=O) groups is 1. The zero-order chi connectivity index (χ0) is 12.7. The third-order valence-corrected chi connectivity index (χ3v) is 3.27. The molecule has 0 saturated heterocycles. The summed E-state index contributed by atoms with van der Waals surface area (Å²) in [5, 5.41) is 0. The van der Waals surface area contributed by atoms with Gasteiger partial charge >= 0.3 is 0 Å². The van der Waals surface area contributed by atoms with E-state index in [4.69, 9.17) is 5.73 Å². The van der Waals surface area contributed by atoms with Gasteiger partial charge in [0, 0.05) is 31.8 Å². The fourth-order valence-corrected chi connectivity index (χ4v) is 1.97. The summed E-state index contributed by atoms with van der Waals surface area (Å²) < 4.78 is 0. The summed E-state index contributed by atoms with van der Waals surface area (Å²) in [5.74, 6) is 1.07. The Kier molecular flexibility index (Phi) is 6.08. The molecule has 0 heterocycles. The maximum Gasteiger partial charge on any atom is 0.224 e. The zero-order valence-corrected chi connectivity index (χ0v) is 11.2. The van der Waals surface area contributed by atoms with E-state index in [0.29, 0.717) is 6.42 Å². The summed E-state index contributed by atoms with van der Waals surface area (Å²) in [6.45, 7) is 0.779. The molecule has 2 N–H and O–H groups in total. The van der Waals surface area contributed by atoms with E-state index in [1.165, 1.54) is 0 Å². The van der Waals surface area contributed by atoms with Crippen LogP contribution in [-0.4, -0.2) is 36.4 Å². The first-order valence-corrected chi connectivity index (χ1v) is 7.08. The maximum atomic E-state index is 11.9. The molecule has 0 aromatic heterocycles. The van der Waals surface area contributed by atoms with Gasteiger partial charge in [0.15, 0.2) is 0 Å². The van der Waals surface area contributed by atoms with Crippen molar-refractivity contribution in [1.82, 2.24) is 4.90 Å². The summed E-state index contributed by atoms with van der Waals surface area (Å²) in [4.78, 5) is 13.6. The number of hydrogen-bond acceptors (Lipinski definition) is 3. The Morgan fingerprint density at radius 2 is 2.06 bits per heavy atom. The SMILES string of the molecule is CSCCN(C)C(=O)CC(N)c1ccccc1. The Morgan fingerprint density at radius 1 is 1.41 bits per heavy atom. The predicted molar refractivity (Wildman–Crippen MR) is 74.0 cm³/mol. The standard InChI is InChI=1S/C13H20N2OS/c1-15(8-9-17-2)13(16)10-12(14)11-6-4-3-5-7-11/h3-7,12H,8-10,14H2,1-2H3. The molecule has 1 rings (SSSR count). The van der Waals surface area contributed by atoms with Gasteiger partial charge in [-0.05, 0) is 11.8 Å². The molecule has 0 bridgehead atoms. The molecule has 0 spiro atoms. The Hall–Kier alpha value is -1.00. The van der Waals surface area contributed by atoms with E-state index in [0.717, 1.165) is 17.9 Å². The molecule has 3 nitrogen and oxygen atoms in total. The number of hydrogen-bond donors (Lipinski definition) is 1. The molecule has 0 saturated carbocycles. The second kappa shape index (κ2) is 7.35. The minimum absolute atomic E-state index is 0.107. The average molecular weight is 252 g/mol. The first-order valence-electron chi connectivity index (χ1n) is 5.68. The van der Waals surface area contributed by atoms with Crippen LogP contribution in [0.4, 0.5) is 0 Å². The van der Waals surface area contributed by atoms with Crippen LogP contribution in [0.1, 0.15) is 18.0 Å². The van der Waals surface area contributed by atoms with Crippen LogP contribution in [0.15, 0.2) is 30.3 Å². The first-order chi connectivity index (χ1) is 8.15. The van der Waals surface area contributed by atoms with Gasteiger partial charge in [-0.1, -0.05) is 30.3 Å². The maximum absolute atomic E-state index is 11.9. The fraction of sp³-hybridized carbons (Fsp3) is 0.462. The highest BCUT2D eigenvalue weighted by molar-refractivity contribution is 7.98. The molecular formula is C13H20N2OS. The minimum atomic E-state index is -0.208. The molecule has 94 valence electrons. The van der Waals surface area contributed by atoms with E-state index in [2.05, 4.69) is 0 Å². The van der Waals surface area contributed by atoms with Crippen molar-refractivity contribution in [3.8, 4) is 0 Å². The molecule has 0 radical (unpaired) electrons. The van der Waals surface area contributed by atoms with Crippen LogP contribution in [-0.2, 0) is 4.79 Å². The summed E-state index contributed by atoms with van der Waals surface area (Å²) in [6, 6.07) is 9.54. The Bertz CT molecular complexity index is 343. The van der Waals surface area contributed by atoms with Crippen molar-refractivity contribution in [1.29, 1.82) is 0 Å². The predicted octanol–water partition coefficient (Wildman–Crippen LogP) is 1.90. The number of nitrogens with zero attached hydrogens (tertiary/aromatic N) is 1. The summed E-state index contributed by atoms with van der Waals surface area (Å²) in [6.07, 6.45) is 2.41. The van der Waals surface area contributed by atoms with E-state index in [-0.39, 0.29) is 11.9 Å². The molecule has 1 aromatic rings. The van der Waals surface area contributed by atoms with Gasteiger partial charge in [-0.25, -0.2) is 0 Å². The van der Waals surface area contributed by atoms with Crippen LogP contribution in [0.2, 0.25) is 0 Å². The van der Waals surface area contributed by atoms with Crippen molar-refractivity contribution in [2.75, 3.05) is 25.6 Å². The van der Waals surface area contributed by atoms with Crippen LogP contribution < -0.4 is 5.73 Å². The fourth-order valence-electron chi connectivity index (χ4n) is 1.51. The van der Waals surface area contributed by atoms with Crippen molar-refractivity contribution in [2.45, 2.75) is 12.5 Å². The molecule has 0 aliphatic carbocycles. The topological polar surface area (TPSA) is 46.3 Å². The molecule has 17 heavy (non-hydrogen) atoms. The number of nitrogens with two attached hydrogens (primary N) is 1. The first kappa shape index (κ1) is 14.1. The lowest BCUT2D eigenvalue weighted by Gasteiger charge is -2.19. The molecule has 1 amide bonds. The summed E-state index contributed by atoms with van der Waals surface area (Å²) in [5.41, 5.74) is 7.02. The van der Waals surface area contributed by atoms with Crippen LogP contribution in [0, 0.1) is 0 Å². The van der Waals surface area contributed by atoms with Crippen LogP contribution in [0.3, 0.4) is 0 Å². The Morgan fingerprint density at radius 3 is 2.65 bits per heavy atom. The van der Waals surface area contributed by atoms with E-state index >= 15 is 0 Å². The van der Waals surface area contributed by atoms with Crippen molar-refractivity contribution < 1.29 is 4.79 Å². The number of thioether (sulfide) groups is 1. The highest BCUT2D eigenvalue weighted by Crippen LogP contribution is 2.14. The molecule has 4 heteroatoms. The molecular weight excluding hydrogens is 232 g/mol. The number of amides is 1. The van der Waals surface area contributed by atoms with Gasteiger partial charge < -0.3 is 10.6 Å². The molecule has 0 aliphatic rings. The second-order valence-corrected chi connectivity index (χ2v) is 5.01. The molecule has 1 unspecified atom stereocenters. The van der Waals surface area contributed by atoms with Crippen molar-refractivity contribution in [3.63, 3.8) is 0 Å². The van der Waals surface area contributed by atoms with Crippen molar-refractivity contribution in [3.05, 3.63) is 35.9 Å². The third-order valence-electron chi connectivity index (χ3n) is 2.68. The Labute approximate surface area is 107 Å². The smallest absolute Gasteiger partial charge is 0.224 e. The van der Waals surface area contributed by atoms with Crippen molar-refractivity contribution >= 4 is 17.7 Å². The second-order valence-electron chi connectivity index (χ2n) is 4.03. The largest absolute Gasteiger partial charge is 0.345 e. The highest BCUT2D eigenvalue weighted by atomic mass is 32.2. The van der Waals surface area contributed by atoms with E-state index in [1.54, 1.807) is 16.7 Å². The molecule has 1 aromatic carbocycles. The van der Waals surface area contributed by atoms with Crippen LogP contribution in [0.5, 0.6) is 0 Å². The lowest BCUT2D eigenvalue weighted by Crippen LogP contribution is -2.31. The summed E-state index contributed by atoms with van der Waals surface area (Å²) >= 11 is 1.74. The lowest BCUT2D eigenvalue weighted by molar-refractivity contribution is -0.130. The quantitative estimate of drug-likeness (QED) is 0.841. The summed E-state index contributed by atoms with van der Waals surface area (Å²) in [7, 11) is 1.83. The number of benzene rings is 1. The zero-order valence-electron chi connectivity index (χ0n) is 10.4. The van der Waals surface area contributed by atoms with Gasteiger partial charge in [0.2, 0.25) is 5.91 Å². The number of carbonyl (C=O) groups excluding carboxylic acids is 1. The van der Waals surface area contributed by atoms with Gasteiger partial charge in [0.25, 0.3) is 0 Å². The highest BCUT2D eigenvalue weighted by Gasteiger charge is 2.14. The van der Waals surface area contributed by atoms with Crippen LogP contribution >= 0.6 is 11.8 Å². The van der Waals surface area contributed by atoms with Gasteiger partial charge in [-0.2, -0.15) is 11.8 Å². The van der Waals surface area contributed by atoms with Crippen molar-refractivity contribution in [2.24, 2.45) is 5.73 Å². The van der Waals surface area contributed by atoms with Gasteiger partial charge in [0.05, 0.1) is 0 Å². The number of rotatable bonds is 6. The monoisotopic (exact) mass is 252 g/mol. The third kappa shape index (κ3) is 4.79. The minimum Gasteiger partial charge on any atom is -0.345 e. The van der Waals surface area contributed by atoms with Gasteiger partial charge in [0.1, 0.15) is 0 Å². The molecule has 0 aliphatic heterocycles. The van der Waals surface area contributed by atoms with E-state index in [9.17, 15) is 4.79 Å². The van der Waals surface area contributed by atoms with Gasteiger partial charge in [-0.15, -0.1) is 0 Å². The lowest BCUT2D eigenvalue weighted by atomic mass is 10.0. The Balaban J connectivity index is 2.46. The molecule has 0 fully saturated rings. The van der Waals surface area contributed by atoms with Crippen LogP contribution in [0.25, 0.3) is 0 Å². The normalized spacial score (nSPS) is 12.2. The van der Waals surface area contributed by atoms with Gasteiger partial charge in [-0.3, -0.25) is 4.79 Å². The molecule has 1 atom stereocenters. The van der Waals surface area contributed by atoms with E-state index in [1.807, 2.05) is 43.6 Å². The van der Waals surface area contributed by atoms with E-state index < -0.39 is 0 Å².